The zero-order chi connectivity index (χ0) is 20.9. The smallest absolute Gasteiger partial charge is 0.213 e. The summed E-state index contributed by atoms with van der Waals surface area (Å²) < 4.78 is 11.5. The van der Waals surface area contributed by atoms with Gasteiger partial charge in [0, 0.05) is 37.6 Å². The molecule has 0 radical (unpaired) electrons. The first kappa shape index (κ1) is 21.4. The molecule has 1 saturated heterocycles. The number of aryl methyl sites for hydroxylation is 1. The van der Waals surface area contributed by atoms with Gasteiger partial charge in [-0.15, -0.1) is 0 Å². The van der Waals surface area contributed by atoms with E-state index in [0.29, 0.717) is 12.4 Å². The van der Waals surface area contributed by atoms with Crippen molar-refractivity contribution < 1.29 is 9.15 Å². The highest BCUT2D eigenvalue weighted by Crippen LogP contribution is 2.36. The van der Waals surface area contributed by atoms with Gasteiger partial charge in [-0.2, -0.15) is 0 Å². The number of guanidine groups is 1. The minimum absolute atomic E-state index is 0.0452. The van der Waals surface area contributed by atoms with Crippen LogP contribution in [0.15, 0.2) is 39.9 Å². The number of hydrogen-bond acceptors (Lipinski definition) is 4. The molecule has 0 atom stereocenters. The molecule has 1 aromatic heterocycles. The summed E-state index contributed by atoms with van der Waals surface area (Å²) in [5.74, 6) is 2.30. The Morgan fingerprint density at radius 2 is 1.90 bits per heavy atom. The molecule has 2 N–H and O–H groups in total. The zero-order valence-corrected chi connectivity index (χ0v) is 18.3. The Morgan fingerprint density at radius 3 is 2.52 bits per heavy atom. The second-order valence-corrected chi connectivity index (χ2v) is 8.86. The first-order valence-corrected chi connectivity index (χ1v) is 10.4. The third-order valence-electron chi connectivity index (χ3n) is 5.68. The molecule has 1 aromatic carbocycles. The monoisotopic (exact) mass is 398 g/mol. The molecular formula is C23H34N4O2. The van der Waals surface area contributed by atoms with Crippen molar-refractivity contribution in [3.05, 3.63) is 53.2 Å². The average Bonchev–Trinajstić information content (AvgIpc) is 3.19. The molecule has 0 bridgehead atoms. The molecule has 0 unspecified atom stereocenters. The molecule has 3 rings (SSSR count). The van der Waals surface area contributed by atoms with E-state index in [0.717, 1.165) is 44.3 Å². The van der Waals surface area contributed by atoms with Gasteiger partial charge in [0.2, 0.25) is 5.89 Å². The average molecular weight is 399 g/mol. The minimum atomic E-state index is -0.0475. The summed E-state index contributed by atoms with van der Waals surface area (Å²) in [4.78, 5) is 8.77. The zero-order valence-electron chi connectivity index (χ0n) is 18.3. The van der Waals surface area contributed by atoms with Crippen LogP contribution in [-0.4, -0.2) is 37.7 Å². The Kier molecular flexibility index (Phi) is 6.63. The van der Waals surface area contributed by atoms with Gasteiger partial charge in [0.15, 0.2) is 5.96 Å². The van der Waals surface area contributed by atoms with Gasteiger partial charge in [-0.1, -0.05) is 45.0 Å². The number of nitrogens with zero attached hydrogens (tertiary/aromatic N) is 2. The lowest BCUT2D eigenvalue weighted by atomic mass is 9.72. The van der Waals surface area contributed by atoms with Gasteiger partial charge in [0.1, 0.15) is 5.76 Å². The van der Waals surface area contributed by atoms with E-state index in [9.17, 15) is 0 Å². The number of hydrogen-bond donors (Lipinski definition) is 2. The van der Waals surface area contributed by atoms with Gasteiger partial charge in [0.25, 0.3) is 0 Å². The molecule has 0 aliphatic carbocycles. The number of aliphatic imine (C=N–C) groups is 1. The molecule has 6 nitrogen and oxygen atoms in total. The third-order valence-corrected chi connectivity index (χ3v) is 5.68. The number of aromatic nitrogens is 1. The minimum Gasteiger partial charge on any atom is -0.443 e. The SMILES string of the molecule is CN=C(NCc1ncc(C(C)(C)C)o1)NCC1(c2ccccc2C)CCOCC1. The topological polar surface area (TPSA) is 71.7 Å². The highest BCUT2D eigenvalue weighted by Gasteiger charge is 2.35. The van der Waals surface area contributed by atoms with Gasteiger partial charge in [0.05, 0.1) is 12.7 Å². The van der Waals surface area contributed by atoms with E-state index in [1.54, 1.807) is 7.05 Å². The van der Waals surface area contributed by atoms with E-state index in [1.807, 2.05) is 6.20 Å². The Morgan fingerprint density at radius 1 is 1.17 bits per heavy atom. The quantitative estimate of drug-likeness (QED) is 0.594. The van der Waals surface area contributed by atoms with E-state index in [4.69, 9.17) is 9.15 Å². The number of oxazole rings is 1. The van der Waals surface area contributed by atoms with Gasteiger partial charge >= 0.3 is 0 Å². The van der Waals surface area contributed by atoms with Gasteiger partial charge in [-0.3, -0.25) is 4.99 Å². The van der Waals surface area contributed by atoms with E-state index in [-0.39, 0.29) is 10.8 Å². The molecule has 1 aliphatic rings. The van der Waals surface area contributed by atoms with Crippen LogP contribution in [0, 0.1) is 6.92 Å². The maximum atomic E-state index is 5.87. The van der Waals surface area contributed by atoms with Crippen LogP contribution in [0.4, 0.5) is 0 Å². The van der Waals surface area contributed by atoms with Crippen LogP contribution in [0.2, 0.25) is 0 Å². The van der Waals surface area contributed by atoms with Gasteiger partial charge < -0.3 is 19.8 Å². The van der Waals surface area contributed by atoms with Crippen molar-refractivity contribution in [1.82, 2.24) is 15.6 Å². The second kappa shape index (κ2) is 8.99. The Hall–Kier alpha value is -2.34. The van der Waals surface area contributed by atoms with E-state index >= 15 is 0 Å². The fraction of sp³-hybridized carbons (Fsp3) is 0.565. The van der Waals surface area contributed by atoms with Crippen molar-refractivity contribution in [2.75, 3.05) is 26.8 Å². The summed E-state index contributed by atoms with van der Waals surface area (Å²) >= 11 is 0. The summed E-state index contributed by atoms with van der Waals surface area (Å²) in [6.45, 7) is 11.4. The Bertz CT molecular complexity index is 829. The number of ether oxygens (including phenoxy) is 1. The van der Waals surface area contributed by atoms with Crippen molar-refractivity contribution in [2.45, 2.75) is 57.9 Å². The van der Waals surface area contributed by atoms with Crippen LogP contribution in [-0.2, 0) is 22.1 Å². The molecule has 2 heterocycles. The van der Waals surface area contributed by atoms with Crippen LogP contribution in [0.25, 0.3) is 0 Å². The van der Waals surface area contributed by atoms with Crippen molar-refractivity contribution in [3.63, 3.8) is 0 Å². The van der Waals surface area contributed by atoms with E-state index in [1.165, 1.54) is 11.1 Å². The molecule has 1 fully saturated rings. The summed E-state index contributed by atoms with van der Waals surface area (Å²) in [6.07, 6.45) is 3.80. The fourth-order valence-electron chi connectivity index (χ4n) is 3.84. The summed E-state index contributed by atoms with van der Waals surface area (Å²) in [5.41, 5.74) is 2.72. The lowest BCUT2D eigenvalue weighted by Crippen LogP contribution is -2.48. The molecule has 0 saturated carbocycles. The number of nitrogens with one attached hydrogen (secondary N) is 2. The molecule has 0 amide bonds. The molecule has 6 heteroatoms. The third kappa shape index (κ3) is 5.18. The lowest BCUT2D eigenvalue weighted by molar-refractivity contribution is 0.0512. The maximum absolute atomic E-state index is 5.87. The van der Waals surface area contributed by atoms with Crippen molar-refractivity contribution in [2.24, 2.45) is 4.99 Å². The fourth-order valence-corrected chi connectivity index (χ4v) is 3.84. The number of benzene rings is 1. The molecule has 2 aromatic rings. The second-order valence-electron chi connectivity index (χ2n) is 8.86. The normalized spacial score (nSPS) is 17.2. The summed E-state index contributed by atoms with van der Waals surface area (Å²) in [5, 5.41) is 6.85. The van der Waals surface area contributed by atoms with Crippen LogP contribution in [0.5, 0.6) is 0 Å². The molecule has 29 heavy (non-hydrogen) atoms. The van der Waals surface area contributed by atoms with E-state index in [2.05, 4.69) is 72.6 Å². The lowest BCUT2D eigenvalue weighted by Gasteiger charge is -2.39. The standard InChI is InChI=1S/C23H34N4O2/c1-17-8-6-7-9-18(17)23(10-12-28-13-11-23)16-27-21(24-5)26-15-20-25-14-19(29-20)22(2,3)4/h6-9,14H,10-13,15-16H2,1-5H3,(H2,24,26,27). The predicted octanol–water partition coefficient (Wildman–Crippen LogP) is 3.69. The first-order chi connectivity index (χ1) is 13.8. The Labute approximate surface area is 174 Å². The molecular weight excluding hydrogens is 364 g/mol. The highest BCUT2D eigenvalue weighted by atomic mass is 16.5. The van der Waals surface area contributed by atoms with Gasteiger partial charge in [-0.25, -0.2) is 4.98 Å². The van der Waals surface area contributed by atoms with Crippen molar-refractivity contribution in [3.8, 4) is 0 Å². The largest absolute Gasteiger partial charge is 0.443 e. The van der Waals surface area contributed by atoms with Crippen molar-refractivity contribution >= 4 is 5.96 Å². The van der Waals surface area contributed by atoms with Crippen molar-refractivity contribution in [1.29, 1.82) is 0 Å². The molecule has 0 spiro atoms. The first-order valence-electron chi connectivity index (χ1n) is 10.4. The van der Waals surface area contributed by atoms with Crippen LogP contribution in [0.3, 0.4) is 0 Å². The molecule has 158 valence electrons. The summed E-state index contributed by atoms with van der Waals surface area (Å²) in [7, 11) is 1.79. The predicted molar refractivity (Wildman–Crippen MR) is 116 cm³/mol. The Balaban J connectivity index is 1.65. The summed E-state index contributed by atoms with van der Waals surface area (Å²) in [6, 6.07) is 8.66. The van der Waals surface area contributed by atoms with Gasteiger partial charge in [-0.05, 0) is 30.9 Å². The highest BCUT2D eigenvalue weighted by molar-refractivity contribution is 5.79. The van der Waals surface area contributed by atoms with E-state index < -0.39 is 0 Å². The van der Waals surface area contributed by atoms with Crippen LogP contribution in [0.1, 0.15) is 56.4 Å². The van der Waals surface area contributed by atoms with Crippen LogP contribution >= 0.6 is 0 Å². The molecule has 1 aliphatic heterocycles. The van der Waals surface area contributed by atoms with Crippen LogP contribution < -0.4 is 10.6 Å². The number of rotatable bonds is 5. The maximum Gasteiger partial charge on any atom is 0.213 e.